The molecule has 0 heterocycles. The second-order valence-corrected chi connectivity index (χ2v) is 5.57. The van der Waals surface area contributed by atoms with E-state index in [-0.39, 0.29) is 40.8 Å². The Balaban J connectivity index is 0.00000324. The van der Waals surface area contributed by atoms with Crippen LogP contribution in [0.4, 0.5) is 0 Å². The molecule has 0 saturated carbocycles. The van der Waals surface area contributed by atoms with Gasteiger partial charge in [0.2, 0.25) is 0 Å². The van der Waals surface area contributed by atoms with Gasteiger partial charge in [-0.1, -0.05) is 26.3 Å². The van der Waals surface area contributed by atoms with Crippen LogP contribution in [-0.4, -0.2) is 12.4 Å². The fraction of sp³-hybridized carbons (Fsp3) is 0.417. The maximum atomic E-state index is 10.5. The Morgan fingerprint density at radius 2 is 2.11 bits per heavy atom. The smallest absolute Gasteiger partial charge is 0.536 e. The molecule has 0 aliphatic carbocycles. The first-order chi connectivity index (χ1) is 8.29. The number of nitrogens with two attached hydrogens (primary N) is 1. The molecule has 0 fully saturated rings. The third-order valence-electron chi connectivity index (χ3n) is 1.91. The summed E-state index contributed by atoms with van der Waals surface area (Å²) in [5.74, 6) is 0.340. The second-order valence-electron chi connectivity index (χ2n) is 4.95. The maximum Gasteiger partial charge on any atom is 1.00 e. The van der Waals surface area contributed by atoms with Gasteiger partial charge >= 0.3 is 29.6 Å². The average molecular weight is 291 g/mol. The summed E-state index contributed by atoms with van der Waals surface area (Å²) in [6, 6.07) is 7.89. The van der Waals surface area contributed by atoms with Gasteiger partial charge < -0.3 is 23.3 Å². The third-order valence-corrected chi connectivity index (χ3v) is 2.25. The summed E-state index contributed by atoms with van der Waals surface area (Å²) >= 11 is 0. The molecule has 0 atom stereocenters. The van der Waals surface area contributed by atoms with Crippen molar-refractivity contribution in [2.24, 2.45) is 15.5 Å². The van der Waals surface area contributed by atoms with Gasteiger partial charge in [0.25, 0.3) is 0 Å². The number of benzene rings is 1. The molecular formula is C12H16N2NaO3S-. The second kappa shape index (κ2) is 7.89. The standard InChI is InChI=1S/C12H16N2O3S.Na/c1-12(2,3)8-17-10-7-5-4-6-9(10)11(13)14-18(15)16;/h4-5,7H,8H2,1-3H3,(H2,13,14,15,16);/q-2;+1. The SMILES string of the molecule is CC(C)(C)COc1ccc[c-]c1C(N)=N[S-](=O)=O.[Na+]. The predicted molar refractivity (Wildman–Crippen MR) is 69.7 cm³/mol. The fourth-order valence-corrected chi connectivity index (χ4v) is 1.41. The zero-order chi connectivity index (χ0) is 13.8. The molecule has 2 N–H and O–H groups in total. The van der Waals surface area contributed by atoms with Gasteiger partial charge in [-0.15, -0.1) is 24.3 Å². The van der Waals surface area contributed by atoms with Crippen LogP contribution in [-0.2, 0) is 19.3 Å². The van der Waals surface area contributed by atoms with Gasteiger partial charge in [0.1, 0.15) is 0 Å². The van der Waals surface area contributed by atoms with Crippen LogP contribution in [0, 0.1) is 11.5 Å². The molecule has 1 aromatic carbocycles. The Kier molecular flexibility index (Phi) is 7.66. The molecule has 0 spiro atoms. The van der Waals surface area contributed by atoms with Crippen molar-refractivity contribution >= 4 is 16.7 Å². The number of ether oxygens (including phenoxy) is 1. The minimum absolute atomic E-state index is 0. The molecule has 0 radical (unpaired) electrons. The fourth-order valence-electron chi connectivity index (χ4n) is 1.16. The van der Waals surface area contributed by atoms with E-state index in [0.717, 1.165) is 0 Å². The van der Waals surface area contributed by atoms with E-state index in [1.165, 1.54) is 0 Å². The summed E-state index contributed by atoms with van der Waals surface area (Å²) in [6.45, 7) is 6.57. The van der Waals surface area contributed by atoms with Crippen LogP contribution < -0.4 is 40.0 Å². The molecule has 1 aromatic rings. The molecule has 7 heteroatoms. The van der Waals surface area contributed by atoms with Gasteiger partial charge in [0.15, 0.2) is 0 Å². The molecule has 0 unspecified atom stereocenters. The van der Waals surface area contributed by atoms with E-state index in [4.69, 9.17) is 10.5 Å². The molecule has 0 bridgehead atoms. The summed E-state index contributed by atoms with van der Waals surface area (Å²) in [5.41, 5.74) is 5.92. The van der Waals surface area contributed by atoms with Crippen molar-refractivity contribution in [3.05, 3.63) is 29.8 Å². The number of hydrogen-bond acceptors (Lipinski definition) is 4. The average Bonchev–Trinajstić information content (AvgIpc) is 2.25. The summed E-state index contributed by atoms with van der Waals surface area (Å²) in [4.78, 5) is 0. The Morgan fingerprint density at radius 3 is 2.63 bits per heavy atom. The zero-order valence-corrected chi connectivity index (χ0v) is 14.4. The van der Waals surface area contributed by atoms with Crippen LogP contribution in [0.3, 0.4) is 0 Å². The van der Waals surface area contributed by atoms with E-state index < -0.39 is 10.9 Å². The first-order valence-electron chi connectivity index (χ1n) is 5.37. The molecule has 0 aliphatic rings. The first kappa shape index (κ1) is 18.4. The maximum absolute atomic E-state index is 10.5. The molecule has 100 valence electrons. The Hall–Kier alpha value is -0.560. The largest absolute Gasteiger partial charge is 1.00 e. The minimum Gasteiger partial charge on any atom is -0.536 e. The quantitative estimate of drug-likeness (QED) is 0.250. The van der Waals surface area contributed by atoms with Gasteiger partial charge in [-0.05, 0) is 5.41 Å². The molecular weight excluding hydrogens is 275 g/mol. The molecule has 0 aliphatic heterocycles. The topological polar surface area (TPSA) is 81.8 Å². The van der Waals surface area contributed by atoms with E-state index in [1.807, 2.05) is 20.8 Å². The van der Waals surface area contributed by atoms with Gasteiger partial charge in [-0.25, -0.2) is 0 Å². The minimum atomic E-state index is -2.59. The summed E-state index contributed by atoms with van der Waals surface area (Å²) < 4.78 is 29.8. The van der Waals surface area contributed by atoms with Crippen molar-refractivity contribution in [2.75, 3.05) is 6.61 Å². The van der Waals surface area contributed by atoms with Gasteiger partial charge in [-0.3, -0.25) is 0 Å². The van der Waals surface area contributed by atoms with E-state index in [9.17, 15) is 8.42 Å². The van der Waals surface area contributed by atoms with Gasteiger partial charge in [0.05, 0.1) is 6.61 Å². The van der Waals surface area contributed by atoms with E-state index in [0.29, 0.717) is 17.9 Å². The van der Waals surface area contributed by atoms with Crippen molar-refractivity contribution in [3.63, 3.8) is 0 Å². The van der Waals surface area contributed by atoms with Crippen LogP contribution in [0.5, 0.6) is 5.75 Å². The summed E-state index contributed by atoms with van der Waals surface area (Å²) in [5, 5.41) is 0. The van der Waals surface area contributed by atoms with Crippen LogP contribution in [0.15, 0.2) is 22.6 Å². The first-order valence-corrected chi connectivity index (χ1v) is 6.40. The van der Waals surface area contributed by atoms with Gasteiger partial charge in [-0.2, -0.15) is 0 Å². The van der Waals surface area contributed by atoms with Crippen molar-refractivity contribution in [1.82, 2.24) is 0 Å². The predicted octanol–water partition coefficient (Wildman–Crippen LogP) is -1.15. The number of amidine groups is 1. The Labute approximate surface area is 137 Å². The van der Waals surface area contributed by atoms with Crippen molar-refractivity contribution < 1.29 is 42.7 Å². The summed E-state index contributed by atoms with van der Waals surface area (Å²) in [6.07, 6.45) is 0. The molecule has 0 saturated heterocycles. The Bertz CT molecular complexity index is 514. The van der Waals surface area contributed by atoms with Crippen molar-refractivity contribution in [2.45, 2.75) is 20.8 Å². The van der Waals surface area contributed by atoms with Crippen LogP contribution in [0.25, 0.3) is 0 Å². The molecule has 5 nitrogen and oxygen atoms in total. The third kappa shape index (κ3) is 6.96. The van der Waals surface area contributed by atoms with E-state index in [2.05, 4.69) is 10.5 Å². The normalized spacial score (nSPS) is 12.1. The molecule has 1 rings (SSSR count). The number of hydrogen-bond donors (Lipinski definition) is 1. The molecule has 19 heavy (non-hydrogen) atoms. The zero-order valence-electron chi connectivity index (χ0n) is 11.6. The van der Waals surface area contributed by atoms with E-state index >= 15 is 0 Å². The Morgan fingerprint density at radius 1 is 1.47 bits per heavy atom. The van der Waals surface area contributed by atoms with Crippen LogP contribution in [0.2, 0.25) is 0 Å². The van der Waals surface area contributed by atoms with Gasteiger partial charge in [0, 0.05) is 22.5 Å². The number of rotatable bonds is 4. The summed E-state index contributed by atoms with van der Waals surface area (Å²) in [7, 11) is -2.59. The molecule has 0 amide bonds. The van der Waals surface area contributed by atoms with Crippen LogP contribution in [0.1, 0.15) is 26.3 Å². The van der Waals surface area contributed by atoms with Crippen molar-refractivity contribution in [1.29, 1.82) is 0 Å². The molecule has 0 aromatic heterocycles. The van der Waals surface area contributed by atoms with Crippen LogP contribution >= 0.6 is 0 Å². The van der Waals surface area contributed by atoms with E-state index in [1.54, 1.807) is 18.2 Å². The van der Waals surface area contributed by atoms with Crippen molar-refractivity contribution in [3.8, 4) is 5.75 Å². The monoisotopic (exact) mass is 291 g/mol. The number of nitrogens with zero attached hydrogens (tertiary/aromatic N) is 1.